The molecule has 1 aromatic rings. The van der Waals surface area contributed by atoms with Crippen LogP contribution in [0.15, 0.2) is 22.7 Å². The minimum atomic E-state index is -0.367. The van der Waals surface area contributed by atoms with Crippen LogP contribution in [0, 0.1) is 5.82 Å². The summed E-state index contributed by atoms with van der Waals surface area (Å²) in [7, 11) is 1.81. The molecule has 1 aromatic carbocycles. The molecule has 1 amide bonds. The minimum Gasteiger partial charge on any atom is -0.351 e. The molecule has 0 heterocycles. The Balaban J connectivity index is 0.00000225. The summed E-state index contributed by atoms with van der Waals surface area (Å²) in [5.74, 6) is -0.578. The molecule has 1 rings (SSSR count). The number of rotatable bonds is 4. The summed E-state index contributed by atoms with van der Waals surface area (Å²) in [6, 6.07) is 3.98. The average molecular weight is 312 g/mol. The maximum absolute atomic E-state index is 12.7. The van der Waals surface area contributed by atoms with E-state index in [1.165, 1.54) is 18.2 Å². The van der Waals surface area contributed by atoms with Gasteiger partial charge in [0.2, 0.25) is 0 Å². The standard InChI is InChI=1S/C10H12BrFN2O.ClH/c1-13-4-5-14-10(15)8-3-2-7(12)6-9(8)11;/h2-3,6,13H,4-5H2,1H3,(H,14,15);1H. The summed E-state index contributed by atoms with van der Waals surface area (Å²) >= 11 is 3.14. The molecule has 0 spiro atoms. The summed E-state index contributed by atoms with van der Waals surface area (Å²) < 4.78 is 13.2. The largest absolute Gasteiger partial charge is 0.351 e. The Hall–Kier alpha value is -0.650. The first kappa shape index (κ1) is 15.3. The molecule has 3 nitrogen and oxygen atoms in total. The van der Waals surface area contributed by atoms with Crippen molar-refractivity contribution in [2.24, 2.45) is 0 Å². The molecule has 0 saturated heterocycles. The molecule has 6 heteroatoms. The van der Waals surface area contributed by atoms with E-state index in [1.807, 2.05) is 0 Å². The molecular formula is C10H13BrClFN2O. The quantitative estimate of drug-likeness (QED) is 0.835. The van der Waals surface area contributed by atoms with E-state index in [0.717, 1.165) is 0 Å². The second-order valence-electron chi connectivity index (χ2n) is 2.98. The van der Waals surface area contributed by atoms with E-state index < -0.39 is 0 Å². The lowest BCUT2D eigenvalue weighted by Gasteiger charge is -2.06. The van der Waals surface area contributed by atoms with Crippen molar-refractivity contribution in [1.29, 1.82) is 0 Å². The van der Waals surface area contributed by atoms with E-state index in [0.29, 0.717) is 23.1 Å². The third-order valence-corrected chi connectivity index (χ3v) is 2.49. The molecule has 2 N–H and O–H groups in total. The highest BCUT2D eigenvalue weighted by Gasteiger charge is 2.09. The SMILES string of the molecule is CNCCNC(=O)c1ccc(F)cc1Br.Cl. The first-order chi connectivity index (χ1) is 7.15. The van der Waals surface area contributed by atoms with Crippen LogP contribution in [0.2, 0.25) is 0 Å². The van der Waals surface area contributed by atoms with E-state index in [2.05, 4.69) is 26.6 Å². The van der Waals surface area contributed by atoms with Gasteiger partial charge < -0.3 is 10.6 Å². The highest BCUT2D eigenvalue weighted by molar-refractivity contribution is 9.10. The lowest BCUT2D eigenvalue weighted by Crippen LogP contribution is -2.30. The molecular weight excluding hydrogens is 298 g/mol. The van der Waals surface area contributed by atoms with Crippen LogP contribution in [-0.4, -0.2) is 26.0 Å². The third-order valence-electron chi connectivity index (χ3n) is 1.84. The number of carbonyl (C=O) groups excluding carboxylic acids is 1. The number of amides is 1. The molecule has 0 aromatic heterocycles. The zero-order valence-electron chi connectivity index (χ0n) is 8.72. The van der Waals surface area contributed by atoms with Crippen molar-refractivity contribution in [3.05, 3.63) is 34.1 Å². The smallest absolute Gasteiger partial charge is 0.252 e. The zero-order valence-corrected chi connectivity index (χ0v) is 11.1. The number of hydrogen-bond donors (Lipinski definition) is 2. The monoisotopic (exact) mass is 310 g/mol. The summed E-state index contributed by atoms with van der Waals surface area (Å²) in [6.45, 7) is 1.24. The van der Waals surface area contributed by atoms with Gasteiger partial charge in [-0.15, -0.1) is 12.4 Å². The average Bonchev–Trinajstić information content (AvgIpc) is 2.17. The summed E-state index contributed by atoms with van der Waals surface area (Å²) in [5, 5.41) is 5.62. The van der Waals surface area contributed by atoms with E-state index in [9.17, 15) is 9.18 Å². The Labute approximate surface area is 108 Å². The number of carbonyl (C=O) groups is 1. The van der Waals surface area contributed by atoms with Crippen molar-refractivity contribution in [2.45, 2.75) is 0 Å². The predicted octanol–water partition coefficient (Wildman–Crippen LogP) is 1.96. The Morgan fingerprint density at radius 2 is 2.12 bits per heavy atom. The van der Waals surface area contributed by atoms with E-state index in [4.69, 9.17) is 0 Å². The van der Waals surface area contributed by atoms with Crippen LogP contribution in [0.3, 0.4) is 0 Å². The summed E-state index contributed by atoms with van der Waals surface area (Å²) in [6.07, 6.45) is 0. The van der Waals surface area contributed by atoms with Crippen molar-refractivity contribution in [3.63, 3.8) is 0 Å². The number of hydrogen-bond acceptors (Lipinski definition) is 2. The Bertz CT molecular complexity index is 363. The number of nitrogens with one attached hydrogen (secondary N) is 2. The van der Waals surface area contributed by atoms with Crippen LogP contribution in [0.25, 0.3) is 0 Å². The molecule has 0 unspecified atom stereocenters. The lowest BCUT2D eigenvalue weighted by molar-refractivity contribution is 0.0953. The first-order valence-corrected chi connectivity index (χ1v) is 5.32. The van der Waals surface area contributed by atoms with E-state index >= 15 is 0 Å². The van der Waals surface area contributed by atoms with Gasteiger partial charge in [-0.2, -0.15) is 0 Å². The van der Waals surface area contributed by atoms with Gasteiger partial charge in [0.05, 0.1) is 5.56 Å². The number of halogens is 3. The van der Waals surface area contributed by atoms with Crippen LogP contribution in [0.1, 0.15) is 10.4 Å². The van der Waals surface area contributed by atoms with Crippen LogP contribution >= 0.6 is 28.3 Å². The predicted molar refractivity (Wildman–Crippen MR) is 67.6 cm³/mol. The van der Waals surface area contributed by atoms with Gasteiger partial charge >= 0.3 is 0 Å². The van der Waals surface area contributed by atoms with Gasteiger partial charge in [-0.1, -0.05) is 0 Å². The van der Waals surface area contributed by atoms with Gasteiger partial charge in [-0.3, -0.25) is 4.79 Å². The molecule has 0 atom stereocenters. The van der Waals surface area contributed by atoms with E-state index in [1.54, 1.807) is 7.05 Å². The third kappa shape index (κ3) is 4.47. The second kappa shape index (κ2) is 7.60. The summed E-state index contributed by atoms with van der Waals surface area (Å²) in [5.41, 5.74) is 0.438. The number of likely N-dealkylation sites (N-methyl/N-ethyl adjacent to an activating group) is 1. The van der Waals surface area contributed by atoms with Crippen LogP contribution in [-0.2, 0) is 0 Å². The number of benzene rings is 1. The molecule has 0 aliphatic heterocycles. The van der Waals surface area contributed by atoms with Crippen molar-refractivity contribution in [1.82, 2.24) is 10.6 Å². The van der Waals surface area contributed by atoms with Crippen molar-refractivity contribution in [3.8, 4) is 0 Å². The fraction of sp³-hybridized carbons (Fsp3) is 0.300. The summed E-state index contributed by atoms with van der Waals surface area (Å²) in [4.78, 5) is 11.6. The van der Waals surface area contributed by atoms with Crippen LogP contribution in [0.5, 0.6) is 0 Å². The molecule has 16 heavy (non-hydrogen) atoms. The zero-order chi connectivity index (χ0) is 11.3. The molecule has 0 aliphatic rings. The van der Waals surface area contributed by atoms with Crippen molar-refractivity contribution >= 4 is 34.2 Å². The minimum absolute atomic E-state index is 0. The topological polar surface area (TPSA) is 41.1 Å². The van der Waals surface area contributed by atoms with Gasteiger partial charge in [-0.25, -0.2) is 4.39 Å². The Kier molecular flexibility index (Phi) is 7.29. The molecule has 0 radical (unpaired) electrons. The fourth-order valence-electron chi connectivity index (χ4n) is 1.07. The first-order valence-electron chi connectivity index (χ1n) is 4.53. The molecule has 90 valence electrons. The van der Waals surface area contributed by atoms with Crippen LogP contribution in [0.4, 0.5) is 4.39 Å². The molecule has 0 bridgehead atoms. The van der Waals surface area contributed by atoms with Gasteiger partial charge in [-0.05, 0) is 41.2 Å². The molecule has 0 aliphatic carbocycles. The maximum atomic E-state index is 12.7. The second-order valence-corrected chi connectivity index (χ2v) is 3.84. The van der Waals surface area contributed by atoms with Gasteiger partial charge in [0.1, 0.15) is 5.82 Å². The van der Waals surface area contributed by atoms with Gasteiger partial charge in [0.15, 0.2) is 0 Å². The highest BCUT2D eigenvalue weighted by atomic mass is 79.9. The highest BCUT2D eigenvalue weighted by Crippen LogP contribution is 2.17. The van der Waals surface area contributed by atoms with Gasteiger partial charge in [0.25, 0.3) is 5.91 Å². The Morgan fingerprint density at radius 3 is 2.69 bits per heavy atom. The Morgan fingerprint density at radius 1 is 1.44 bits per heavy atom. The van der Waals surface area contributed by atoms with Crippen molar-refractivity contribution in [2.75, 3.05) is 20.1 Å². The molecule has 0 saturated carbocycles. The van der Waals surface area contributed by atoms with Crippen LogP contribution < -0.4 is 10.6 Å². The normalized spacial score (nSPS) is 9.44. The van der Waals surface area contributed by atoms with E-state index in [-0.39, 0.29) is 24.1 Å². The fourth-order valence-corrected chi connectivity index (χ4v) is 1.60. The van der Waals surface area contributed by atoms with Gasteiger partial charge in [0, 0.05) is 17.6 Å². The molecule has 0 fully saturated rings. The lowest BCUT2D eigenvalue weighted by atomic mass is 10.2. The van der Waals surface area contributed by atoms with Crippen molar-refractivity contribution < 1.29 is 9.18 Å². The maximum Gasteiger partial charge on any atom is 0.252 e.